The molecule has 6 heterocycles. The molecule has 2 bridgehead atoms. The molecule has 6 nitrogen and oxygen atoms in total. The minimum atomic E-state index is -0.389. The van der Waals surface area contributed by atoms with E-state index in [1.54, 1.807) is 6.20 Å². The summed E-state index contributed by atoms with van der Waals surface area (Å²) in [6.07, 6.45) is 7.68. The summed E-state index contributed by atoms with van der Waals surface area (Å²) in [4.78, 5) is 20.4. The van der Waals surface area contributed by atoms with Crippen molar-refractivity contribution in [1.82, 2.24) is 29.4 Å². The number of fused-ring (bicyclic) bond motifs is 3. The molecule has 0 atom stereocenters. The molecule has 0 amide bonds. The lowest BCUT2D eigenvalue weighted by Crippen LogP contribution is -2.35. The van der Waals surface area contributed by atoms with Gasteiger partial charge in [-0.15, -0.1) is 0 Å². The summed E-state index contributed by atoms with van der Waals surface area (Å²) in [5, 5.41) is 0. The molecule has 1 fully saturated rings. The van der Waals surface area contributed by atoms with Crippen LogP contribution >= 0.6 is 0 Å². The monoisotopic (exact) mass is 440 g/mol. The van der Waals surface area contributed by atoms with Gasteiger partial charge in [-0.1, -0.05) is 24.3 Å². The van der Waals surface area contributed by atoms with Crippen molar-refractivity contribution in [3.05, 3.63) is 77.4 Å². The molecule has 0 saturated carbocycles. The van der Waals surface area contributed by atoms with E-state index < -0.39 is 0 Å². The number of piperidine rings is 1. The van der Waals surface area contributed by atoms with Crippen molar-refractivity contribution in [3.8, 4) is 11.4 Å². The van der Waals surface area contributed by atoms with Crippen LogP contribution in [-0.4, -0.2) is 42.5 Å². The van der Waals surface area contributed by atoms with Crippen molar-refractivity contribution in [2.45, 2.75) is 33.2 Å². The summed E-state index contributed by atoms with van der Waals surface area (Å²) in [7, 11) is 0. The van der Waals surface area contributed by atoms with E-state index in [2.05, 4.69) is 50.3 Å². The maximum atomic E-state index is 14.0. The average molecular weight is 441 g/mol. The van der Waals surface area contributed by atoms with Crippen LogP contribution in [0.5, 0.6) is 0 Å². The van der Waals surface area contributed by atoms with Crippen LogP contribution < -0.4 is 0 Å². The Hall–Kier alpha value is -3.61. The predicted molar refractivity (Wildman–Crippen MR) is 126 cm³/mol. The molecule has 1 saturated heterocycles. The third-order valence-electron chi connectivity index (χ3n) is 6.76. The molecule has 7 rings (SSSR count). The van der Waals surface area contributed by atoms with Crippen LogP contribution in [0.2, 0.25) is 0 Å². The summed E-state index contributed by atoms with van der Waals surface area (Å²) >= 11 is 0. The molecule has 33 heavy (non-hydrogen) atoms. The number of imidazole rings is 1. The number of aryl methyl sites for hydroxylation is 2. The van der Waals surface area contributed by atoms with Gasteiger partial charge in [0.2, 0.25) is 0 Å². The lowest BCUT2D eigenvalue weighted by atomic mass is 9.82. The number of halogens is 1. The summed E-state index contributed by atoms with van der Waals surface area (Å²) in [5.74, 6) is 1.62. The number of nitrogens with zero attached hydrogens (tertiary/aromatic N) is 6. The maximum Gasteiger partial charge on any atom is 0.164 e. The van der Waals surface area contributed by atoms with Crippen molar-refractivity contribution in [1.29, 1.82) is 0 Å². The van der Waals surface area contributed by atoms with Crippen molar-refractivity contribution in [3.63, 3.8) is 0 Å². The second-order valence-corrected chi connectivity index (χ2v) is 9.03. The summed E-state index contributed by atoms with van der Waals surface area (Å²) in [6, 6.07) is 10.2. The van der Waals surface area contributed by atoms with Crippen molar-refractivity contribution in [2.75, 3.05) is 13.1 Å². The van der Waals surface area contributed by atoms with Gasteiger partial charge in [0.15, 0.2) is 5.65 Å². The fourth-order valence-corrected chi connectivity index (χ4v) is 5.12. The van der Waals surface area contributed by atoms with Crippen molar-refractivity contribution in [2.24, 2.45) is 5.92 Å². The first-order valence-electron chi connectivity index (χ1n) is 11.4. The molecule has 3 aliphatic heterocycles. The molecule has 0 N–H and O–H groups in total. The van der Waals surface area contributed by atoms with Gasteiger partial charge in [-0.3, -0.25) is 4.98 Å². The van der Waals surface area contributed by atoms with Crippen LogP contribution in [0.15, 0.2) is 48.9 Å². The van der Waals surface area contributed by atoms with Gasteiger partial charge >= 0.3 is 0 Å². The number of allylic oxidation sites excluding steroid dienone is 1. The highest BCUT2D eigenvalue weighted by molar-refractivity contribution is 5.79. The van der Waals surface area contributed by atoms with E-state index in [-0.39, 0.29) is 5.82 Å². The molecule has 0 aliphatic carbocycles. The van der Waals surface area contributed by atoms with Crippen LogP contribution in [0.25, 0.3) is 28.1 Å². The van der Waals surface area contributed by atoms with Crippen molar-refractivity contribution >= 4 is 16.7 Å². The maximum absolute atomic E-state index is 14.0. The van der Waals surface area contributed by atoms with E-state index in [0.717, 1.165) is 22.4 Å². The van der Waals surface area contributed by atoms with Crippen LogP contribution in [0.4, 0.5) is 4.39 Å². The highest BCUT2D eigenvalue weighted by Crippen LogP contribution is 2.37. The topological polar surface area (TPSA) is 59.7 Å². The second kappa shape index (κ2) is 7.76. The van der Waals surface area contributed by atoms with Crippen LogP contribution in [0.3, 0.4) is 0 Å². The minimum absolute atomic E-state index is 0.389. The zero-order chi connectivity index (χ0) is 22.5. The van der Waals surface area contributed by atoms with Gasteiger partial charge in [-0.25, -0.2) is 19.3 Å². The van der Waals surface area contributed by atoms with E-state index in [0.29, 0.717) is 29.7 Å². The molecule has 0 radical (unpaired) electrons. The number of rotatable bonds is 4. The summed E-state index contributed by atoms with van der Waals surface area (Å²) in [5.41, 5.74) is 6.81. The summed E-state index contributed by atoms with van der Waals surface area (Å²) in [6.45, 7) is 6.74. The predicted octanol–water partition coefficient (Wildman–Crippen LogP) is 4.76. The third-order valence-corrected chi connectivity index (χ3v) is 6.76. The molecule has 4 aromatic rings. The fraction of sp³-hybridized carbons (Fsp3) is 0.308. The Bertz CT molecular complexity index is 1380. The van der Waals surface area contributed by atoms with Crippen LogP contribution in [-0.2, 0) is 6.54 Å². The molecular formula is C26H25FN6. The van der Waals surface area contributed by atoms with Gasteiger partial charge in [0.05, 0.1) is 18.4 Å². The number of pyridine rings is 1. The average Bonchev–Trinajstić information content (AvgIpc) is 3.19. The zero-order valence-corrected chi connectivity index (χ0v) is 18.8. The molecule has 3 aromatic heterocycles. The number of benzene rings is 1. The Kier molecular flexibility index (Phi) is 4.71. The first-order valence-corrected chi connectivity index (χ1v) is 11.4. The Morgan fingerprint density at radius 1 is 0.970 bits per heavy atom. The van der Waals surface area contributed by atoms with E-state index >= 15 is 0 Å². The minimum Gasteiger partial charge on any atom is -0.377 e. The van der Waals surface area contributed by atoms with E-state index in [9.17, 15) is 4.39 Å². The quantitative estimate of drug-likeness (QED) is 0.458. The zero-order valence-electron chi connectivity index (χ0n) is 18.8. The van der Waals surface area contributed by atoms with Gasteiger partial charge in [0.25, 0.3) is 0 Å². The van der Waals surface area contributed by atoms with E-state index in [4.69, 9.17) is 4.98 Å². The van der Waals surface area contributed by atoms with Crippen LogP contribution in [0, 0.1) is 25.6 Å². The summed E-state index contributed by atoms with van der Waals surface area (Å²) < 4.78 is 16.0. The van der Waals surface area contributed by atoms with Gasteiger partial charge in [0.1, 0.15) is 23.0 Å². The number of hydrogen-bond donors (Lipinski definition) is 0. The van der Waals surface area contributed by atoms with Gasteiger partial charge < -0.3 is 9.47 Å². The lowest BCUT2D eigenvalue weighted by molar-refractivity contribution is 0.252. The SMILES string of the molecule is Cc1nc(C)c2nc(-c3cncc(F)c3)n(Cc3ccc(C4=CN5CCC4CC5)cc3)c2n1. The third kappa shape index (κ3) is 3.57. The number of aromatic nitrogens is 5. The fourth-order valence-electron chi connectivity index (χ4n) is 5.12. The Labute approximate surface area is 191 Å². The lowest BCUT2D eigenvalue weighted by Gasteiger charge is -2.39. The normalized spacial score (nSPS) is 16.0. The van der Waals surface area contributed by atoms with E-state index in [1.165, 1.54) is 49.3 Å². The smallest absolute Gasteiger partial charge is 0.164 e. The number of hydrogen-bond acceptors (Lipinski definition) is 5. The highest BCUT2D eigenvalue weighted by Gasteiger charge is 2.27. The molecule has 0 unspecified atom stereocenters. The molecule has 3 aliphatic rings. The molecule has 7 heteroatoms. The molecule has 166 valence electrons. The Morgan fingerprint density at radius 2 is 1.76 bits per heavy atom. The second-order valence-electron chi connectivity index (χ2n) is 9.03. The Balaban J connectivity index is 1.40. The van der Waals surface area contributed by atoms with Gasteiger partial charge in [0, 0.05) is 31.0 Å². The van der Waals surface area contributed by atoms with Crippen LogP contribution in [0.1, 0.15) is 35.5 Å². The first-order chi connectivity index (χ1) is 16.0. The van der Waals surface area contributed by atoms with Crippen molar-refractivity contribution < 1.29 is 4.39 Å². The largest absolute Gasteiger partial charge is 0.377 e. The molecule has 0 spiro atoms. The Morgan fingerprint density at radius 3 is 2.45 bits per heavy atom. The first kappa shape index (κ1) is 20.0. The molecule has 1 aromatic carbocycles. The van der Waals surface area contributed by atoms with E-state index in [1.807, 2.05) is 18.4 Å². The van der Waals surface area contributed by atoms with Gasteiger partial charge in [-0.2, -0.15) is 0 Å². The standard InChI is InChI=1S/C26H25FN6/c1-16-24-26(30-17(2)29-16)33(25(31-24)21-11-22(27)13-28-12-21)14-18-3-5-19(6-4-18)23-15-32-9-7-20(23)8-10-32/h3-6,11-13,15,20H,7-10,14H2,1-2H3. The highest BCUT2D eigenvalue weighted by atomic mass is 19.1. The van der Waals surface area contributed by atoms with Gasteiger partial charge in [-0.05, 0) is 55.4 Å². The molecular weight excluding hydrogens is 415 g/mol.